The van der Waals surface area contributed by atoms with Crippen molar-refractivity contribution in [1.82, 2.24) is 20.0 Å². The topological polar surface area (TPSA) is 127 Å². The van der Waals surface area contributed by atoms with E-state index in [1.807, 2.05) is 0 Å². The molecule has 10 heteroatoms. The molecule has 0 saturated carbocycles. The second-order valence-corrected chi connectivity index (χ2v) is 6.69. The quantitative estimate of drug-likeness (QED) is 0.281. The number of rotatable bonds is 10. The molecule has 1 aliphatic rings. The number of imide groups is 1. The van der Waals surface area contributed by atoms with Crippen LogP contribution in [0, 0.1) is 10.1 Å². The summed E-state index contributed by atoms with van der Waals surface area (Å²) < 4.78 is 1.40. The van der Waals surface area contributed by atoms with Gasteiger partial charge in [0.15, 0.2) is 0 Å². The molecular weight excluding hydrogens is 378 g/mol. The number of nitrogens with one attached hydrogen (secondary N) is 1. The average molecular weight is 399 g/mol. The first-order chi connectivity index (χ1) is 14.0. The van der Waals surface area contributed by atoms with E-state index in [2.05, 4.69) is 10.4 Å². The lowest BCUT2D eigenvalue weighted by Gasteiger charge is -2.13. The minimum Gasteiger partial charge on any atom is -0.354 e. The van der Waals surface area contributed by atoms with Gasteiger partial charge in [0.1, 0.15) is 12.4 Å². The first-order valence-corrected chi connectivity index (χ1v) is 9.36. The lowest BCUT2D eigenvalue weighted by atomic mass is 10.1. The molecule has 2 heterocycles. The molecular formula is C19H21N5O5. The van der Waals surface area contributed by atoms with Crippen LogP contribution < -0.4 is 5.32 Å². The van der Waals surface area contributed by atoms with Crippen LogP contribution in [0.15, 0.2) is 36.7 Å². The summed E-state index contributed by atoms with van der Waals surface area (Å²) in [6, 6.07) is 6.78. The van der Waals surface area contributed by atoms with Gasteiger partial charge in [-0.3, -0.25) is 34.1 Å². The predicted octanol–water partition coefficient (Wildman–Crippen LogP) is 1.76. The molecule has 0 atom stereocenters. The maximum absolute atomic E-state index is 12.2. The Balaban J connectivity index is 1.30. The van der Waals surface area contributed by atoms with E-state index in [0.717, 1.165) is 6.20 Å². The van der Waals surface area contributed by atoms with Gasteiger partial charge in [0.25, 0.3) is 11.8 Å². The summed E-state index contributed by atoms with van der Waals surface area (Å²) in [5.41, 5.74) is 0.799. The second-order valence-electron chi connectivity index (χ2n) is 6.69. The number of hydrogen-bond donors (Lipinski definition) is 1. The molecule has 1 aromatic heterocycles. The van der Waals surface area contributed by atoms with Crippen molar-refractivity contribution in [1.29, 1.82) is 0 Å². The first-order valence-electron chi connectivity index (χ1n) is 9.36. The van der Waals surface area contributed by atoms with Crippen molar-refractivity contribution in [2.45, 2.75) is 32.2 Å². The Bertz CT molecular complexity index is 904. The van der Waals surface area contributed by atoms with Crippen LogP contribution in [-0.2, 0) is 11.3 Å². The van der Waals surface area contributed by atoms with Crippen molar-refractivity contribution in [3.05, 3.63) is 57.9 Å². The van der Waals surface area contributed by atoms with E-state index in [-0.39, 0.29) is 23.4 Å². The minimum atomic E-state index is -0.524. The van der Waals surface area contributed by atoms with Crippen molar-refractivity contribution in [3.8, 4) is 0 Å². The van der Waals surface area contributed by atoms with Gasteiger partial charge in [0, 0.05) is 19.5 Å². The molecule has 0 unspecified atom stereocenters. The van der Waals surface area contributed by atoms with Crippen LogP contribution in [0.4, 0.5) is 5.69 Å². The summed E-state index contributed by atoms with van der Waals surface area (Å²) in [5.74, 6) is -0.642. The Morgan fingerprint density at radius 1 is 1.07 bits per heavy atom. The highest BCUT2D eigenvalue weighted by Gasteiger charge is 2.34. The Hall–Kier alpha value is -3.56. The van der Waals surface area contributed by atoms with Gasteiger partial charge in [-0.1, -0.05) is 18.6 Å². The number of hydrogen-bond acceptors (Lipinski definition) is 6. The standard InChI is InChI=1S/C19H21N5O5/c25-17(20-9-11-22-13-14(12-21-22)24(28)29)8-2-1-5-10-23-18(26)15-6-3-4-7-16(15)19(23)27/h3-4,6-7,12-13H,1-2,5,8-11H2,(H,20,25). The van der Waals surface area contributed by atoms with Crippen molar-refractivity contribution < 1.29 is 19.3 Å². The fourth-order valence-electron chi connectivity index (χ4n) is 3.14. The maximum atomic E-state index is 12.2. The number of benzene rings is 1. The third-order valence-electron chi connectivity index (χ3n) is 4.66. The Morgan fingerprint density at radius 2 is 1.76 bits per heavy atom. The monoisotopic (exact) mass is 399 g/mol. The molecule has 1 N–H and O–H groups in total. The van der Waals surface area contributed by atoms with Crippen LogP contribution in [0.3, 0.4) is 0 Å². The van der Waals surface area contributed by atoms with E-state index in [1.54, 1.807) is 24.3 Å². The number of nitro groups is 1. The van der Waals surface area contributed by atoms with Gasteiger partial charge in [-0.15, -0.1) is 0 Å². The molecule has 29 heavy (non-hydrogen) atoms. The molecule has 10 nitrogen and oxygen atoms in total. The molecule has 0 radical (unpaired) electrons. The summed E-state index contributed by atoms with van der Waals surface area (Å²) in [6.45, 7) is 1.01. The molecule has 3 amide bonds. The Kier molecular flexibility index (Phi) is 6.32. The normalized spacial score (nSPS) is 12.9. The van der Waals surface area contributed by atoms with Gasteiger partial charge in [-0.2, -0.15) is 5.10 Å². The van der Waals surface area contributed by atoms with E-state index in [1.165, 1.54) is 15.8 Å². The van der Waals surface area contributed by atoms with E-state index in [0.29, 0.717) is 56.4 Å². The number of carbonyl (C=O) groups excluding carboxylic acids is 3. The van der Waals surface area contributed by atoms with Crippen molar-refractivity contribution in [2.24, 2.45) is 0 Å². The van der Waals surface area contributed by atoms with Crippen LogP contribution in [-0.4, -0.2) is 50.4 Å². The summed E-state index contributed by atoms with van der Waals surface area (Å²) in [4.78, 5) is 47.7. The van der Waals surface area contributed by atoms with Crippen LogP contribution >= 0.6 is 0 Å². The third kappa shape index (κ3) is 4.84. The summed E-state index contributed by atoms with van der Waals surface area (Å²) in [6.07, 6.45) is 4.80. The predicted molar refractivity (Wildman–Crippen MR) is 102 cm³/mol. The number of amides is 3. The number of unbranched alkanes of at least 4 members (excludes halogenated alkanes) is 2. The smallest absolute Gasteiger partial charge is 0.306 e. The Labute approximate surface area is 166 Å². The zero-order valence-electron chi connectivity index (χ0n) is 15.7. The van der Waals surface area contributed by atoms with Gasteiger partial charge < -0.3 is 5.32 Å². The van der Waals surface area contributed by atoms with Gasteiger partial charge in [0.05, 0.1) is 22.6 Å². The fraction of sp³-hybridized carbons (Fsp3) is 0.368. The molecule has 0 saturated heterocycles. The van der Waals surface area contributed by atoms with Gasteiger partial charge in [0.2, 0.25) is 5.91 Å². The van der Waals surface area contributed by atoms with Crippen LogP contribution in [0.2, 0.25) is 0 Å². The summed E-state index contributed by atoms with van der Waals surface area (Å²) >= 11 is 0. The molecule has 1 aromatic carbocycles. The van der Waals surface area contributed by atoms with E-state index >= 15 is 0 Å². The SMILES string of the molecule is O=C(CCCCCN1C(=O)c2ccccc2C1=O)NCCn1cc([N+](=O)[O-])cn1. The largest absolute Gasteiger partial charge is 0.354 e. The maximum Gasteiger partial charge on any atom is 0.306 e. The number of aromatic nitrogens is 2. The number of nitrogens with zero attached hydrogens (tertiary/aromatic N) is 4. The molecule has 152 valence electrons. The van der Waals surface area contributed by atoms with E-state index in [4.69, 9.17) is 0 Å². The summed E-state index contributed by atoms with van der Waals surface area (Å²) in [7, 11) is 0. The van der Waals surface area contributed by atoms with Crippen molar-refractivity contribution in [2.75, 3.05) is 13.1 Å². The highest BCUT2D eigenvalue weighted by molar-refractivity contribution is 6.21. The number of carbonyl (C=O) groups is 3. The second kappa shape index (κ2) is 9.09. The number of fused-ring (bicyclic) bond motifs is 1. The lowest BCUT2D eigenvalue weighted by Crippen LogP contribution is -2.30. The fourth-order valence-corrected chi connectivity index (χ4v) is 3.14. The van der Waals surface area contributed by atoms with E-state index < -0.39 is 4.92 Å². The average Bonchev–Trinajstić information content (AvgIpc) is 3.27. The van der Waals surface area contributed by atoms with Gasteiger partial charge in [-0.05, 0) is 25.0 Å². The molecule has 0 aliphatic carbocycles. The highest BCUT2D eigenvalue weighted by atomic mass is 16.6. The van der Waals surface area contributed by atoms with Crippen LogP contribution in [0.25, 0.3) is 0 Å². The van der Waals surface area contributed by atoms with Gasteiger partial charge >= 0.3 is 5.69 Å². The van der Waals surface area contributed by atoms with Crippen molar-refractivity contribution >= 4 is 23.4 Å². The van der Waals surface area contributed by atoms with Gasteiger partial charge in [-0.25, -0.2) is 0 Å². The zero-order valence-corrected chi connectivity index (χ0v) is 15.7. The molecule has 0 bridgehead atoms. The van der Waals surface area contributed by atoms with E-state index in [9.17, 15) is 24.5 Å². The lowest BCUT2D eigenvalue weighted by molar-refractivity contribution is -0.385. The molecule has 3 rings (SSSR count). The molecule has 0 fully saturated rings. The summed E-state index contributed by atoms with van der Waals surface area (Å²) in [5, 5.41) is 17.2. The highest BCUT2D eigenvalue weighted by Crippen LogP contribution is 2.22. The minimum absolute atomic E-state index is 0.0885. The van der Waals surface area contributed by atoms with Crippen LogP contribution in [0.1, 0.15) is 46.4 Å². The first kappa shape index (κ1) is 20.2. The molecule has 2 aromatic rings. The van der Waals surface area contributed by atoms with Crippen molar-refractivity contribution in [3.63, 3.8) is 0 Å². The third-order valence-corrected chi connectivity index (χ3v) is 4.66. The molecule has 1 aliphatic heterocycles. The molecule has 0 spiro atoms. The van der Waals surface area contributed by atoms with Crippen LogP contribution in [0.5, 0.6) is 0 Å². The zero-order chi connectivity index (χ0) is 20.8. The Morgan fingerprint density at radius 3 is 2.38 bits per heavy atom.